The highest BCUT2D eigenvalue weighted by molar-refractivity contribution is 9.10. The SMILES string of the molecule is CN(C)[C@H]1CC[C@H](Nc2ncc3oc(C#N)cc3c2Br)C(C)(C)C1. The number of furan rings is 1. The Balaban J connectivity index is 1.85. The quantitative estimate of drug-likeness (QED) is 0.841. The Labute approximate surface area is 151 Å². The fraction of sp³-hybridized carbons (Fsp3) is 0.556. The Kier molecular flexibility index (Phi) is 4.58. The number of halogens is 1. The molecule has 24 heavy (non-hydrogen) atoms. The van der Waals surface area contributed by atoms with Crippen LogP contribution in [0, 0.1) is 16.7 Å². The van der Waals surface area contributed by atoms with Crippen LogP contribution in [-0.4, -0.2) is 36.1 Å². The summed E-state index contributed by atoms with van der Waals surface area (Å²) in [5.41, 5.74) is 0.803. The summed E-state index contributed by atoms with van der Waals surface area (Å²) in [6.45, 7) is 4.64. The molecular weight excluding hydrogens is 368 g/mol. The van der Waals surface area contributed by atoms with Gasteiger partial charge in [-0.25, -0.2) is 4.98 Å². The van der Waals surface area contributed by atoms with Gasteiger partial charge in [0.15, 0.2) is 5.58 Å². The molecule has 1 N–H and O–H groups in total. The lowest BCUT2D eigenvalue weighted by Gasteiger charge is -2.45. The monoisotopic (exact) mass is 390 g/mol. The summed E-state index contributed by atoms with van der Waals surface area (Å²) in [7, 11) is 4.32. The third kappa shape index (κ3) is 3.15. The second-order valence-electron chi connectivity index (χ2n) is 7.51. The number of nitrogens with zero attached hydrogens (tertiary/aromatic N) is 3. The van der Waals surface area contributed by atoms with E-state index in [-0.39, 0.29) is 5.41 Å². The van der Waals surface area contributed by atoms with E-state index in [1.807, 2.05) is 6.07 Å². The molecule has 0 aliphatic heterocycles. The molecule has 2 heterocycles. The highest BCUT2D eigenvalue weighted by atomic mass is 79.9. The number of hydrogen-bond donors (Lipinski definition) is 1. The fourth-order valence-corrected chi connectivity index (χ4v) is 4.14. The molecule has 2 aromatic heterocycles. The van der Waals surface area contributed by atoms with Gasteiger partial charge in [0, 0.05) is 23.5 Å². The van der Waals surface area contributed by atoms with Gasteiger partial charge in [-0.2, -0.15) is 5.26 Å². The molecule has 128 valence electrons. The minimum atomic E-state index is 0.178. The molecule has 1 aliphatic carbocycles. The molecule has 0 unspecified atom stereocenters. The molecule has 0 saturated heterocycles. The summed E-state index contributed by atoms with van der Waals surface area (Å²) in [6.07, 6.45) is 5.12. The number of fused-ring (bicyclic) bond motifs is 1. The van der Waals surface area contributed by atoms with E-state index < -0.39 is 0 Å². The number of anilines is 1. The van der Waals surface area contributed by atoms with Crippen molar-refractivity contribution in [1.29, 1.82) is 5.26 Å². The first-order valence-electron chi connectivity index (χ1n) is 8.23. The van der Waals surface area contributed by atoms with Crippen molar-refractivity contribution in [2.75, 3.05) is 19.4 Å². The van der Waals surface area contributed by atoms with Crippen LogP contribution in [0.1, 0.15) is 38.9 Å². The summed E-state index contributed by atoms with van der Waals surface area (Å²) >= 11 is 3.62. The van der Waals surface area contributed by atoms with Crippen LogP contribution in [0.2, 0.25) is 0 Å². The number of hydrogen-bond acceptors (Lipinski definition) is 5. The zero-order chi connectivity index (χ0) is 17.5. The van der Waals surface area contributed by atoms with Gasteiger partial charge in [-0.1, -0.05) is 13.8 Å². The molecule has 6 heteroatoms. The number of rotatable bonds is 3. The van der Waals surface area contributed by atoms with Gasteiger partial charge in [0.25, 0.3) is 0 Å². The highest BCUT2D eigenvalue weighted by Gasteiger charge is 2.38. The Morgan fingerprint density at radius 1 is 1.42 bits per heavy atom. The minimum Gasteiger partial charge on any atom is -0.444 e. The van der Waals surface area contributed by atoms with Crippen molar-refractivity contribution in [2.24, 2.45) is 5.41 Å². The molecule has 1 fully saturated rings. The first-order valence-corrected chi connectivity index (χ1v) is 9.02. The molecular formula is C18H23BrN4O. The summed E-state index contributed by atoms with van der Waals surface area (Å²) in [5, 5.41) is 13.5. The first-order chi connectivity index (χ1) is 11.3. The van der Waals surface area contributed by atoms with E-state index in [2.05, 4.69) is 59.1 Å². The van der Waals surface area contributed by atoms with Gasteiger partial charge >= 0.3 is 0 Å². The van der Waals surface area contributed by atoms with Gasteiger partial charge in [-0.05, 0) is 54.7 Å². The van der Waals surface area contributed by atoms with E-state index in [0.717, 1.165) is 28.5 Å². The van der Waals surface area contributed by atoms with Crippen LogP contribution >= 0.6 is 15.9 Å². The van der Waals surface area contributed by atoms with E-state index in [9.17, 15) is 0 Å². The van der Waals surface area contributed by atoms with Crippen molar-refractivity contribution in [2.45, 2.75) is 45.2 Å². The maximum atomic E-state index is 9.00. The van der Waals surface area contributed by atoms with Crippen molar-refractivity contribution in [1.82, 2.24) is 9.88 Å². The molecule has 1 saturated carbocycles. The Hall–Kier alpha value is -1.58. The van der Waals surface area contributed by atoms with Crippen LogP contribution in [-0.2, 0) is 0 Å². The van der Waals surface area contributed by atoms with Crippen LogP contribution in [0.4, 0.5) is 5.82 Å². The summed E-state index contributed by atoms with van der Waals surface area (Å²) < 4.78 is 6.29. The molecule has 0 aromatic carbocycles. The van der Waals surface area contributed by atoms with Crippen molar-refractivity contribution in [3.8, 4) is 6.07 Å². The normalized spacial score (nSPS) is 23.4. The average molecular weight is 391 g/mol. The molecule has 2 atom stereocenters. The predicted molar refractivity (Wildman–Crippen MR) is 98.9 cm³/mol. The van der Waals surface area contributed by atoms with Crippen LogP contribution in [0.5, 0.6) is 0 Å². The third-order valence-corrected chi connectivity index (χ3v) is 5.96. The highest BCUT2D eigenvalue weighted by Crippen LogP contribution is 2.40. The predicted octanol–water partition coefficient (Wildman–Crippen LogP) is 4.38. The smallest absolute Gasteiger partial charge is 0.204 e. The van der Waals surface area contributed by atoms with Crippen molar-refractivity contribution in [3.63, 3.8) is 0 Å². The number of nitrogens with one attached hydrogen (secondary N) is 1. The second-order valence-corrected chi connectivity index (χ2v) is 8.30. The first kappa shape index (κ1) is 17.2. The van der Waals surface area contributed by atoms with Gasteiger partial charge in [0.2, 0.25) is 5.76 Å². The Morgan fingerprint density at radius 2 is 2.17 bits per heavy atom. The molecule has 2 aromatic rings. The van der Waals surface area contributed by atoms with E-state index >= 15 is 0 Å². The molecule has 0 amide bonds. The maximum absolute atomic E-state index is 9.00. The lowest BCUT2D eigenvalue weighted by Crippen LogP contribution is -2.47. The lowest BCUT2D eigenvalue weighted by molar-refractivity contribution is 0.119. The summed E-state index contributed by atoms with van der Waals surface area (Å²) in [5.74, 6) is 1.12. The number of pyridine rings is 1. The average Bonchev–Trinajstić information content (AvgIpc) is 2.95. The molecule has 0 bridgehead atoms. The molecule has 3 rings (SSSR count). The molecule has 0 radical (unpaired) electrons. The summed E-state index contributed by atoms with van der Waals surface area (Å²) in [6, 6.07) is 4.77. The lowest BCUT2D eigenvalue weighted by atomic mass is 9.71. The topological polar surface area (TPSA) is 65.1 Å². The zero-order valence-corrected chi connectivity index (χ0v) is 16.1. The van der Waals surface area contributed by atoms with Crippen molar-refractivity contribution < 1.29 is 4.42 Å². The van der Waals surface area contributed by atoms with Crippen LogP contribution in [0.3, 0.4) is 0 Å². The van der Waals surface area contributed by atoms with Gasteiger partial charge < -0.3 is 14.6 Å². The Morgan fingerprint density at radius 3 is 2.79 bits per heavy atom. The maximum Gasteiger partial charge on any atom is 0.204 e. The van der Waals surface area contributed by atoms with E-state index in [0.29, 0.717) is 23.4 Å². The molecule has 5 nitrogen and oxygen atoms in total. The Bertz CT molecular complexity index is 790. The molecule has 0 spiro atoms. The molecule has 1 aliphatic rings. The van der Waals surface area contributed by atoms with Gasteiger partial charge in [0.1, 0.15) is 11.9 Å². The van der Waals surface area contributed by atoms with Crippen LogP contribution in [0.15, 0.2) is 21.2 Å². The van der Waals surface area contributed by atoms with Gasteiger partial charge in [-0.15, -0.1) is 0 Å². The fourth-order valence-electron chi connectivity index (χ4n) is 3.61. The van der Waals surface area contributed by atoms with Crippen molar-refractivity contribution >= 4 is 32.7 Å². The standard InChI is InChI=1S/C18H23BrN4O/c1-18(2)8-11(23(3)4)5-6-15(18)22-17-16(19)13-7-12(9-20)24-14(13)10-21-17/h7,10-11,15H,5-6,8H2,1-4H3,(H,21,22)/t11-,15-/m0/s1. The summed E-state index contributed by atoms with van der Waals surface area (Å²) in [4.78, 5) is 6.82. The van der Waals surface area contributed by atoms with E-state index in [4.69, 9.17) is 9.68 Å². The third-order valence-electron chi connectivity index (χ3n) is 5.16. The number of nitriles is 1. The largest absolute Gasteiger partial charge is 0.444 e. The van der Waals surface area contributed by atoms with Crippen LogP contribution < -0.4 is 5.32 Å². The van der Waals surface area contributed by atoms with Gasteiger partial charge in [-0.3, -0.25) is 0 Å². The minimum absolute atomic E-state index is 0.178. The van der Waals surface area contributed by atoms with E-state index in [1.54, 1.807) is 12.3 Å². The zero-order valence-electron chi connectivity index (χ0n) is 14.6. The van der Waals surface area contributed by atoms with E-state index in [1.165, 1.54) is 6.42 Å². The van der Waals surface area contributed by atoms with Crippen LogP contribution in [0.25, 0.3) is 11.0 Å². The second kappa shape index (κ2) is 6.38. The van der Waals surface area contributed by atoms with Gasteiger partial charge in [0.05, 0.1) is 10.7 Å². The number of aromatic nitrogens is 1. The van der Waals surface area contributed by atoms with Crippen molar-refractivity contribution in [3.05, 3.63) is 22.5 Å².